The smallest absolute Gasteiger partial charge is 0.0556 e. The average molecular weight is 205 g/mol. The topological polar surface area (TPSA) is 35.2 Å². The molecule has 0 heterocycles. The summed E-state index contributed by atoms with van der Waals surface area (Å²) < 4.78 is 5.43. The third-order valence-corrected chi connectivity index (χ3v) is 2.71. The van der Waals surface area contributed by atoms with Gasteiger partial charge >= 0.3 is 0 Å². The Morgan fingerprint density at radius 2 is 2.08 bits per heavy atom. The Hall–Kier alpha value is 0.270. The summed E-state index contributed by atoms with van der Waals surface area (Å²) >= 11 is 1.93. The van der Waals surface area contributed by atoms with E-state index < -0.39 is 0 Å². The predicted octanol–water partition coefficient (Wildman–Crippen LogP) is 2.27. The van der Waals surface area contributed by atoms with Crippen LogP contribution in [0.5, 0.6) is 0 Å². The summed E-state index contributed by atoms with van der Waals surface area (Å²) in [6, 6.07) is 0.341. The van der Waals surface area contributed by atoms with Gasteiger partial charge in [0.25, 0.3) is 0 Å². The van der Waals surface area contributed by atoms with Crippen molar-refractivity contribution >= 4 is 11.8 Å². The van der Waals surface area contributed by atoms with Crippen LogP contribution in [0.3, 0.4) is 0 Å². The average Bonchev–Trinajstić information content (AvgIpc) is 2.09. The summed E-state index contributed by atoms with van der Waals surface area (Å²) in [5, 5.41) is 0. The Balaban J connectivity index is 2.84. The molecule has 1 unspecified atom stereocenters. The maximum absolute atomic E-state index is 5.63. The van der Waals surface area contributed by atoms with Crippen molar-refractivity contribution in [3.8, 4) is 0 Å². The van der Waals surface area contributed by atoms with Crippen LogP contribution in [0.15, 0.2) is 0 Å². The molecule has 0 radical (unpaired) electrons. The molecule has 0 spiro atoms. The second kappa shape index (κ2) is 10.4. The van der Waals surface area contributed by atoms with Crippen LogP contribution in [0.2, 0.25) is 0 Å². The van der Waals surface area contributed by atoms with Crippen molar-refractivity contribution < 1.29 is 4.74 Å². The Labute approximate surface area is 86.6 Å². The van der Waals surface area contributed by atoms with Crippen LogP contribution >= 0.6 is 11.8 Å². The quantitative estimate of drug-likeness (QED) is 0.587. The van der Waals surface area contributed by atoms with Gasteiger partial charge in [0, 0.05) is 18.4 Å². The van der Waals surface area contributed by atoms with E-state index in [2.05, 4.69) is 13.8 Å². The number of ether oxygens (including phenoxy) is 1. The van der Waals surface area contributed by atoms with E-state index in [1.54, 1.807) is 0 Å². The number of hydrogen-bond donors (Lipinski definition) is 1. The molecule has 0 aliphatic heterocycles. The third-order valence-electron chi connectivity index (χ3n) is 1.73. The largest absolute Gasteiger partial charge is 0.381 e. The highest BCUT2D eigenvalue weighted by Gasteiger charge is 1.94. The Morgan fingerprint density at radius 1 is 1.31 bits per heavy atom. The Bertz CT molecular complexity index is 98.9. The predicted molar refractivity (Wildman–Crippen MR) is 61.3 cm³/mol. The highest BCUT2D eigenvalue weighted by molar-refractivity contribution is 7.99. The Morgan fingerprint density at radius 3 is 2.69 bits per heavy atom. The minimum atomic E-state index is 0.341. The molecule has 3 heteroatoms. The molecule has 0 aromatic heterocycles. The molecule has 0 bridgehead atoms. The minimum absolute atomic E-state index is 0.341. The SMILES string of the molecule is CCCCOCCSCCC(C)N. The normalized spacial score (nSPS) is 13.2. The lowest BCUT2D eigenvalue weighted by atomic mass is 10.3. The second-order valence-corrected chi connectivity index (χ2v) is 4.57. The molecular formula is C10H23NOS. The molecule has 80 valence electrons. The molecule has 0 saturated carbocycles. The van der Waals surface area contributed by atoms with Gasteiger partial charge in [0.2, 0.25) is 0 Å². The summed E-state index contributed by atoms with van der Waals surface area (Å²) in [6.07, 6.45) is 3.52. The van der Waals surface area contributed by atoms with Gasteiger partial charge in [-0.15, -0.1) is 0 Å². The van der Waals surface area contributed by atoms with Gasteiger partial charge in [-0.2, -0.15) is 11.8 Å². The van der Waals surface area contributed by atoms with Crippen LogP contribution in [-0.4, -0.2) is 30.8 Å². The van der Waals surface area contributed by atoms with E-state index in [0.717, 1.165) is 31.1 Å². The molecule has 0 aliphatic carbocycles. The molecule has 2 N–H and O–H groups in total. The van der Waals surface area contributed by atoms with Crippen molar-refractivity contribution in [2.75, 3.05) is 24.7 Å². The molecular weight excluding hydrogens is 182 g/mol. The molecule has 0 amide bonds. The van der Waals surface area contributed by atoms with Gasteiger partial charge < -0.3 is 10.5 Å². The monoisotopic (exact) mass is 205 g/mol. The number of rotatable bonds is 9. The van der Waals surface area contributed by atoms with Crippen molar-refractivity contribution in [3.05, 3.63) is 0 Å². The van der Waals surface area contributed by atoms with E-state index >= 15 is 0 Å². The lowest BCUT2D eigenvalue weighted by molar-refractivity contribution is 0.147. The van der Waals surface area contributed by atoms with Crippen LogP contribution in [-0.2, 0) is 4.74 Å². The standard InChI is InChI=1S/C10H23NOS/c1-3-4-6-12-7-9-13-8-5-10(2)11/h10H,3-9,11H2,1-2H3. The van der Waals surface area contributed by atoms with E-state index in [1.165, 1.54) is 12.8 Å². The van der Waals surface area contributed by atoms with Crippen molar-refractivity contribution in [2.24, 2.45) is 5.73 Å². The maximum atomic E-state index is 5.63. The highest BCUT2D eigenvalue weighted by atomic mass is 32.2. The van der Waals surface area contributed by atoms with Gasteiger partial charge in [-0.25, -0.2) is 0 Å². The summed E-state index contributed by atoms with van der Waals surface area (Å²) in [6.45, 7) is 6.05. The van der Waals surface area contributed by atoms with E-state index in [4.69, 9.17) is 10.5 Å². The number of nitrogens with two attached hydrogens (primary N) is 1. The summed E-state index contributed by atoms with van der Waals surface area (Å²) in [5.74, 6) is 2.27. The van der Waals surface area contributed by atoms with Crippen molar-refractivity contribution in [1.29, 1.82) is 0 Å². The number of hydrogen-bond acceptors (Lipinski definition) is 3. The van der Waals surface area contributed by atoms with Gasteiger partial charge in [-0.3, -0.25) is 0 Å². The van der Waals surface area contributed by atoms with E-state index in [1.807, 2.05) is 11.8 Å². The van der Waals surface area contributed by atoms with Crippen LogP contribution in [0, 0.1) is 0 Å². The van der Waals surface area contributed by atoms with Gasteiger partial charge in [0.05, 0.1) is 6.61 Å². The van der Waals surface area contributed by atoms with E-state index in [-0.39, 0.29) is 0 Å². The van der Waals surface area contributed by atoms with E-state index in [9.17, 15) is 0 Å². The van der Waals surface area contributed by atoms with Crippen LogP contribution in [0.1, 0.15) is 33.1 Å². The lowest BCUT2D eigenvalue weighted by Crippen LogP contribution is -2.15. The van der Waals surface area contributed by atoms with Gasteiger partial charge in [-0.1, -0.05) is 13.3 Å². The fraction of sp³-hybridized carbons (Fsp3) is 1.00. The fourth-order valence-electron chi connectivity index (χ4n) is 0.838. The second-order valence-electron chi connectivity index (χ2n) is 3.34. The van der Waals surface area contributed by atoms with E-state index in [0.29, 0.717) is 6.04 Å². The van der Waals surface area contributed by atoms with Gasteiger partial charge in [0.1, 0.15) is 0 Å². The number of thioether (sulfide) groups is 1. The molecule has 2 nitrogen and oxygen atoms in total. The first-order chi connectivity index (χ1) is 6.27. The first-order valence-electron chi connectivity index (χ1n) is 5.18. The molecule has 1 atom stereocenters. The molecule has 0 saturated heterocycles. The van der Waals surface area contributed by atoms with Crippen LogP contribution < -0.4 is 5.73 Å². The van der Waals surface area contributed by atoms with Crippen molar-refractivity contribution in [3.63, 3.8) is 0 Å². The van der Waals surface area contributed by atoms with Gasteiger partial charge in [-0.05, 0) is 25.5 Å². The summed E-state index contributed by atoms with van der Waals surface area (Å²) in [4.78, 5) is 0. The molecule has 0 aliphatic rings. The number of unbranched alkanes of at least 4 members (excludes halogenated alkanes) is 1. The molecule has 0 fully saturated rings. The molecule has 0 aromatic rings. The fourth-order valence-corrected chi connectivity index (χ4v) is 1.82. The minimum Gasteiger partial charge on any atom is -0.381 e. The summed E-state index contributed by atoms with van der Waals surface area (Å²) in [5.41, 5.74) is 5.63. The van der Waals surface area contributed by atoms with Crippen LogP contribution in [0.4, 0.5) is 0 Å². The zero-order valence-electron chi connectivity index (χ0n) is 8.92. The molecule has 0 aromatic carbocycles. The lowest BCUT2D eigenvalue weighted by Gasteiger charge is -2.05. The van der Waals surface area contributed by atoms with Crippen molar-refractivity contribution in [1.82, 2.24) is 0 Å². The maximum Gasteiger partial charge on any atom is 0.0556 e. The molecule has 13 heavy (non-hydrogen) atoms. The zero-order chi connectivity index (χ0) is 9.94. The molecule has 0 rings (SSSR count). The van der Waals surface area contributed by atoms with Crippen molar-refractivity contribution in [2.45, 2.75) is 39.2 Å². The van der Waals surface area contributed by atoms with Gasteiger partial charge in [0.15, 0.2) is 0 Å². The first kappa shape index (κ1) is 13.3. The highest BCUT2D eigenvalue weighted by Crippen LogP contribution is 2.03. The summed E-state index contributed by atoms with van der Waals surface area (Å²) in [7, 11) is 0. The Kier molecular flexibility index (Phi) is 10.6. The zero-order valence-corrected chi connectivity index (χ0v) is 9.74. The first-order valence-corrected chi connectivity index (χ1v) is 6.34. The third kappa shape index (κ3) is 12.3. The van der Waals surface area contributed by atoms with Crippen LogP contribution in [0.25, 0.3) is 0 Å².